The van der Waals surface area contributed by atoms with Crippen molar-refractivity contribution in [2.24, 2.45) is 0 Å². The van der Waals surface area contributed by atoms with Gasteiger partial charge in [-0.05, 0) is 71.6 Å². The Balaban J connectivity index is 2.04. The minimum Gasteiger partial charge on any atom is -0.497 e. The molecule has 2 aromatic rings. The summed E-state index contributed by atoms with van der Waals surface area (Å²) in [5.41, 5.74) is 4.31. The van der Waals surface area contributed by atoms with E-state index in [0.29, 0.717) is 5.92 Å². The topological polar surface area (TPSA) is 18.5 Å². The molecule has 24 heavy (non-hydrogen) atoms. The van der Waals surface area contributed by atoms with Gasteiger partial charge in [0.2, 0.25) is 0 Å². The van der Waals surface area contributed by atoms with Gasteiger partial charge in [0.15, 0.2) is 0 Å². The first-order valence-corrected chi connectivity index (χ1v) is 8.54. The van der Waals surface area contributed by atoms with Crippen molar-refractivity contribution in [2.45, 2.75) is 37.5 Å². The van der Waals surface area contributed by atoms with Gasteiger partial charge in [-0.3, -0.25) is 0 Å². The highest BCUT2D eigenvalue weighted by Crippen LogP contribution is 2.49. The predicted octanol–water partition coefficient (Wildman–Crippen LogP) is 5.27. The summed E-state index contributed by atoms with van der Waals surface area (Å²) in [4.78, 5) is 0. The maximum atomic E-state index is 5.40. The van der Waals surface area contributed by atoms with Crippen LogP contribution in [0.5, 0.6) is 11.5 Å². The van der Waals surface area contributed by atoms with Crippen LogP contribution >= 0.6 is 0 Å². The van der Waals surface area contributed by atoms with Crippen molar-refractivity contribution >= 4 is 0 Å². The third-order valence-electron chi connectivity index (χ3n) is 5.56. The quantitative estimate of drug-likeness (QED) is 0.698. The minimum absolute atomic E-state index is 0.0993. The molecule has 0 amide bonds. The first-order chi connectivity index (χ1) is 11.6. The Hall–Kier alpha value is -2.22. The maximum Gasteiger partial charge on any atom is 0.119 e. The molecule has 0 radical (unpaired) electrons. The van der Waals surface area contributed by atoms with Crippen molar-refractivity contribution in [3.05, 3.63) is 71.8 Å². The molecule has 0 heterocycles. The van der Waals surface area contributed by atoms with Crippen molar-refractivity contribution in [1.29, 1.82) is 0 Å². The second-order valence-corrected chi connectivity index (χ2v) is 6.79. The van der Waals surface area contributed by atoms with E-state index in [1.807, 2.05) is 6.08 Å². The fourth-order valence-corrected chi connectivity index (χ4v) is 4.05. The van der Waals surface area contributed by atoms with Gasteiger partial charge in [0.1, 0.15) is 11.5 Å². The van der Waals surface area contributed by atoms with Crippen molar-refractivity contribution in [2.75, 3.05) is 14.2 Å². The number of rotatable bonds is 5. The number of aryl methyl sites for hydroxylation is 1. The Labute approximate surface area is 145 Å². The van der Waals surface area contributed by atoms with E-state index in [1.54, 1.807) is 14.2 Å². The van der Waals surface area contributed by atoms with E-state index in [-0.39, 0.29) is 5.41 Å². The van der Waals surface area contributed by atoms with E-state index >= 15 is 0 Å². The van der Waals surface area contributed by atoms with Crippen LogP contribution in [0, 0.1) is 0 Å². The Morgan fingerprint density at radius 3 is 2.38 bits per heavy atom. The molecule has 0 fully saturated rings. The van der Waals surface area contributed by atoms with E-state index in [1.165, 1.54) is 16.7 Å². The summed E-state index contributed by atoms with van der Waals surface area (Å²) >= 11 is 0. The molecule has 0 saturated carbocycles. The molecule has 0 aliphatic heterocycles. The van der Waals surface area contributed by atoms with Gasteiger partial charge in [-0.15, -0.1) is 6.58 Å². The first-order valence-electron chi connectivity index (χ1n) is 8.54. The molecule has 0 spiro atoms. The van der Waals surface area contributed by atoms with Crippen molar-refractivity contribution in [3.63, 3.8) is 0 Å². The van der Waals surface area contributed by atoms with Gasteiger partial charge < -0.3 is 9.47 Å². The zero-order chi connectivity index (χ0) is 17.2. The van der Waals surface area contributed by atoms with Crippen LogP contribution in [0.4, 0.5) is 0 Å². The van der Waals surface area contributed by atoms with E-state index in [9.17, 15) is 0 Å². The summed E-state index contributed by atoms with van der Waals surface area (Å²) in [6, 6.07) is 15.1. The molecular formula is C22H26O2. The zero-order valence-electron chi connectivity index (χ0n) is 14.8. The molecule has 1 aliphatic rings. The molecule has 126 valence electrons. The molecule has 0 N–H and O–H groups in total. The number of ether oxygens (including phenoxy) is 2. The molecule has 0 bridgehead atoms. The predicted molar refractivity (Wildman–Crippen MR) is 99.2 cm³/mol. The highest BCUT2D eigenvalue weighted by Gasteiger charge is 2.40. The van der Waals surface area contributed by atoms with Crippen LogP contribution in [0.15, 0.2) is 55.1 Å². The van der Waals surface area contributed by atoms with E-state index in [2.05, 4.69) is 56.0 Å². The molecule has 1 unspecified atom stereocenters. The van der Waals surface area contributed by atoms with Gasteiger partial charge in [0.05, 0.1) is 14.2 Å². The smallest absolute Gasteiger partial charge is 0.119 e. The van der Waals surface area contributed by atoms with Gasteiger partial charge >= 0.3 is 0 Å². The van der Waals surface area contributed by atoms with E-state index in [4.69, 9.17) is 9.47 Å². The molecule has 2 nitrogen and oxygen atoms in total. The van der Waals surface area contributed by atoms with Gasteiger partial charge in [-0.25, -0.2) is 0 Å². The Morgan fingerprint density at radius 1 is 1.08 bits per heavy atom. The fraction of sp³-hybridized carbons (Fsp3) is 0.364. The van der Waals surface area contributed by atoms with Crippen molar-refractivity contribution < 1.29 is 9.47 Å². The average molecular weight is 322 g/mol. The number of methoxy groups -OCH3 is 2. The van der Waals surface area contributed by atoms with Crippen LogP contribution in [0.25, 0.3) is 0 Å². The van der Waals surface area contributed by atoms with Gasteiger partial charge in [0, 0.05) is 0 Å². The fourth-order valence-electron chi connectivity index (χ4n) is 4.05. The normalized spacial score (nSPS) is 22.5. The van der Waals surface area contributed by atoms with Gasteiger partial charge in [-0.1, -0.05) is 31.2 Å². The lowest BCUT2D eigenvalue weighted by Gasteiger charge is -2.43. The number of hydrogen-bond donors (Lipinski definition) is 0. The van der Waals surface area contributed by atoms with Gasteiger partial charge in [0.25, 0.3) is 0 Å². The molecular weight excluding hydrogens is 296 g/mol. The minimum atomic E-state index is 0.0993. The summed E-state index contributed by atoms with van der Waals surface area (Å²) in [7, 11) is 3.44. The zero-order valence-corrected chi connectivity index (χ0v) is 14.8. The van der Waals surface area contributed by atoms with Crippen LogP contribution < -0.4 is 9.47 Å². The van der Waals surface area contributed by atoms with Crippen LogP contribution in [-0.4, -0.2) is 14.2 Å². The molecule has 2 aromatic carbocycles. The number of benzene rings is 2. The van der Waals surface area contributed by atoms with Crippen LogP contribution in [0.2, 0.25) is 0 Å². The summed E-state index contributed by atoms with van der Waals surface area (Å²) in [5.74, 6) is 2.28. The summed E-state index contributed by atoms with van der Waals surface area (Å²) < 4.78 is 10.7. The Morgan fingerprint density at radius 2 is 1.75 bits per heavy atom. The second-order valence-electron chi connectivity index (χ2n) is 6.79. The number of fused-ring (bicyclic) bond motifs is 1. The summed E-state index contributed by atoms with van der Waals surface area (Å²) in [6.07, 6.45) is 5.22. The largest absolute Gasteiger partial charge is 0.497 e. The SMILES string of the molecule is C=CCC1c2ccc(OC)cc2CC[C@@]1(C)c1ccc(OC)cc1. The van der Waals surface area contributed by atoms with Crippen LogP contribution in [0.1, 0.15) is 42.4 Å². The molecule has 0 aromatic heterocycles. The Bertz CT molecular complexity index is 717. The average Bonchev–Trinajstić information content (AvgIpc) is 2.64. The summed E-state index contributed by atoms with van der Waals surface area (Å²) in [5, 5.41) is 0. The molecule has 2 atom stereocenters. The standard InChI is InChI=1S/C22H26O2/c1-5-6-21-20-12-11-19(24-4)15-16(20)13-14-22(21,2)17-7-9-18(23-3)10-8-17/h5,7-12,15,21H,1,6,13-14H2,2-4H3/t21?,22-/m0/s1. The lowest BCUT2D eigenvalue weighted by molar-refractivity contribution is 0.326. The van der Waals surface area contributed by atoms with E-state index < -0.39 is 0 Å². The lowest BCUT2D eigenvalue weighted by atomic mass is 9.61. The molecule has 1 aliphatic carbocycles. The van der Waals surface area contributed by atoms with Crippen molar-refractivity contribution in [1.82, 2.24) is 0 Å². The van der Waals surface area contributed by atoms with Crippen molar-refractivity contribution in [3.8, 4) is 11.5 Å². The third kappa shape index (κ3) is 2.82. The van der Waals surface area contributed by atoms with Crippen LogP contribution in [0.3, 0.4) is 0 Å². The van der Waals surface area contributed by atoms with Crippen LogP contribution in [-0.2, 0) is 11.8 Å². The number of hydrogen-bond acceptors (Lipinski definition) is 2. The first kappa shape index (κ1) is 16.6. The molecule has 3 rings (SSSR count). The molecule has 0 saturated heterocycles. The maximum absolute atomic E-state index is 5.40. The number of allylic oxidation sites excluding steroid dienone is 1. The highest BCUT2D eigenvalue weighted by molar-refractivity contribution is 5.45. The lowest BCUT2D eigenvalue weighted by Crippen LogP contribution is -2.35. The Kier molecular flexibility index (Phi) is 4.66. The molecule has 2 heteroatoms. The second kappa shape index (κ2) is 6.72. The highest BCUT2D eigenvalue weighted by atomic mass is 16.5. The van der Waals surface area contributed by atoms with Gasteiger partial charge in [-0.2, -0.15) is 0 Å². The van der Waals surface area contributed by atoms with E-state index in [0.717, 1.165) is 30.8 Å². The summed E-state index contributed by atoms with van der Waals surface area (Å²) in [6.45, 7) is 6.39. The monoisotopic (exact) mass is 322 g/mol. The third-order valence-corrected chi connectivity index (χ3v) is 5.56.